The molecule has 0 aromatic carbocycles. The lowest BCUT2D eigenvalue weighted by Crippen LogP contribution is -2.66. The van der Waals surface area contributed by atoms with Crippen molar-refractivity contribution in [3.63, 3.8) is 0 Å². The zero-order valence-corrected chi connectivity index (χ0v) is 27.4. The van der Waals surface area contributed by atoms with E-state index < -0.39 is 5.97 Å². The molecule has 6 fully saturated rings. The molecular weight excluding hydrogens is 508 g/mol. The Hall–Kier alpha value is -0.650. The van der Waals surface area contributed by atoms with E-state index in [2.05, 4.69) is 53.8 Å². The molecule has 0 aromatic heterocycles. The smallest absolute Gasteiger partial charge is 0.307 e. The Kier molecular flexibility index (Phi) is 7.55. The van der Waals surface area contributed by atoms with Gasteiger partial charge in [-0.2, -0.15) is 0 Å². The van der Waals surface area contributed by atoms with Crippen LogP contribution in [-0.4, -0.2) is 41.4 Å². The van der Waals surface area contributed by atoms with E-state index in [-0.39, 0.29) is 35.0 Å². The van der Waals surface area contributed by atoms with Gasteiger partial charge in [0, 0.05) is 23.5 Å². The molecule has 6 aliphatic carbocycles. The number of carbonyl (C=O) groups is 1. The van der Waals surface area contributed by atoms with Crippen molar-refractivity contribution in [1.29, 1.82) is 0 Å². The fourth-order valence-corrected chi connectivity index (χ4v) is 13.0. The molecule has 12 atom stereocenters. The number of nitrogens with one attached hydrogen (secondary N) is 1. The predicted octanol–water partition coefficient (Wildman–Crippen LogP) is 7.42. The summed E-state index contributed by atoms with van der Waals surface area (Å²) < 4.78 is 6.91. The molecule has 0 aromatic rings. The third-order valence-corrected chi connectivity index (χ3v) is 15.5. The maximum absolute atomic E-state index is 11.7. The van der Waals surface area contributed by atoms with Crippen LogP contribution in [0.15, 0.2) is 0 Å². The van der Waals surface area contributed by atoms with Crippen LogP contribution in [0.2, 0.25) is 0 Å². The first-order valence-electron chi connectivity index (χ1n) is 17.6. The van der Waals surface area contributed by atoms with Crippen LogP contribution in [0.4, 0.5) is 0 Å². The van der Waals surface area contributed by atoms with E-state index in [1.165, 1.54) is 64.2 Å². The second kappa shape index (κ2) is 10.2. The fraction of sp³-hybridized carbons (Fsp3) is 0.972. The minimum atomic E-state index is -0.662. The van der Waals surface area contributed by atoms with E-state index >= 15 is 0 Å². The molecule has 0 spiro atoms. The normalized spacial score (nSPS) is 50.4. The summed E-state index contributed by atoms with van der Waals surface area (Å²) in [5, 5.41) is 13.8. The molecule has 0 aliphatic heterocycles. The van der Waals surface area contributed by atoms with Crippen LogP contribution < -0.4 is 11.1 Å². The fourth-order valence-electron chi connectivity index (χ4n) is 13.0. The van der Waals surface area contributed by atoms with Gasteiger partial charge >= 0.3 is 5.97 Å². The largest absolute Gasteiger partial charge is 0.481 e. The van der Waals surface area contributed by atoms with Crippen LogP contribution in [0.25, 0.3) is 0 Å². The van der Waals surface area contributed by atoms with Gasteiger partial charge in [0.05, 0.1) is 18.1 Å². The summed E-state index contributed by atoms with van der Waals surface area (Å²) in [6, 6.07) is 0.281. The number of aliphatic carboxylic acids is 1. The SMILES string of the molecule is CCC(N)CNC12CCC[C@@H]1C1CCC3C(C)(CCC4C(C)(C)C(OC5CC(C(=O)O)C5(C)C)CCC43C)C1CC2. The van der Waals surface area contributed by atoms with Gasteiger partial charge in [-0.05, 0) is 123 Å². The first kappa shape index (κ1) is 30.4. The molecule has 234 valence electrons. The van der Waals surface area contributed by atoms with Crippen LogP contribution in [0, 0.1) is 57.2 Å². The predicted molar refractivity (Wildman–Crippen MR) is 165 cm³/mol. The zero-order valence-electron chi connectivity index (χ0n) is 27.4. The van der Waals surface area contributed by atoms with E-state index in [0.29, 0.717) is 28.7 Å². The zero-order chi connectivity index (χ0) is 29.6. The van der Waals surface area contributed by atoms with Crippen molar-refractivity contribution in [1.82, 2.24) is 5.32 Å². The van der Waals surface area contributed by atoms with Crippen molar-refractivity contribution in [2.75, 3.05) is 6.54 Å². The lowest BCUT2D eigenvalue weighted by molar-refractivity contribution is -0.250. The number of hydrogen-bond acceptors (Lipinski definition) is 4. The molecular formula is C36H62N2O3. The number of hydrogen-bond donors (Lipinski definition) is 3. The summed E-state index contributed by atoms with van der Waals surface area (Å²) in [6.07, 6.45) is 16.9. The Labute approximate surface area is 250 Å². The van der Waals surface area contributed by atoms with Crippen LogP contribution in [-0.2, 0) is 9.53 Å². The highest BCUT2D eigenvalue weighted by molar-refractivity contribution is 5.72. The van der Waals surface area contributed by atoms with Crippen molar-refractivity contribution in [2.24, 2.45) is 62.9 Å². The van der Waals surface area contributed by atoms with Crippen LogP contribution in [0.1, 0.15) is 132 Å². The Morgan fingerprint density at radius 2 is 1.59 bits per heavy atom. The van der Waals surface area contributed by atoms with Crippen molar-refractivity contribution >= 4 is 5.97 Å². The third kappa shape index (κ3) is 4.43. The molecule has 0 radical (unpaired) electrons. The summed E-state index contributed by atoms with van der Waals surface area (Å²) in [5.74, 6) is 3.14. The maximum atomic E-state index is 11.7. The van der Waals surface area contributed by atoms with Crippen molar-refractivity contribution < 1.29 is 14.6 Å². The number of carboxylic acids is 1. The van der Waals surface area contributed by atoms with Crippen molar-refractivity contribution in [3.05, 3.63) is 0 Å². The summed E-state index contributed by atoms with van der Waals surface area (Å²) in [6.45, 7) is 17.8. The van der Waals surface area contributed by atoms with Gasteiger partial charge in [-0.15, -0.1) is 0 Å². The minimum Gasteiger partial charge on any atom is -0.481 e. The van der Waals surface area contributed by atoms with Gasteiger partial charge in [-0.3, -0.25) is 4.79 Å². The molecule has 4 N–H and O–H groups in total. The second-order valence-electron chi connectivity index (χ2n) is 17.7. The molecule has 11 unspecified atom stereocenters. The van der Waals surface area contributed by atoms with E-state index in [0.717, 1.165) is 43.1 Å². The topological polar surface area (TPSA) is 84.6 Å². The Bertz CT molecular complexity index is 1010. The van der Waals surface area contributed by atoms with Gasteiger partial charge < -0.3 is 20.9 Å². The second-order valence-corrected chi connectivity index (χ2v) is 17.7. The summed E-state index contributed by atoms with van der Waals surface area (Å²) in [5.41, 5.74) is 7.41. The molecule has 6 saturated carbocycles. The van der Waals surface area contributed by atoms with Gasteiger partial charge in [-0.25, -0.2) is 0 Å². The Morgan fingerprint density at radius 3 is 2.27 bits per heavy atom. The van der Waals surface area contributed by atoms with Gasteiger partial charge in [0.25, 0.3) is 0 Å². The third-order valence-electron chi connectivity index (χ3n) is 15.5. The highest BCUT2D eigenvalue weighted by Gasteiger charge is 2.67. The van der Waals surface area contributed by atoms with Crippen molar-refractivity contribution in [3.8, 4) is 0 Å². The van der Waals surface area contributed by atoms with Gasteiger partial charge in [0.2, 0.25) is 0 Å². The Balaban J connectivity index is 1.18. The van der Waals surface area contributed by atoms with Crippen LogP contribution >= 0.6 is 0 Å². The molecule has 41 heavy (non-hydrogen) atoms. The van der Waals surface area contributed by atoms with Gasteiger partial charge in [0.1, 0.15) is 0 Å². The molecule has 6 aliphatic rings. The molecule has 6 rings (SSSR count). The van der Waals surface area contributed by atoms with E-state index in [1.54, 1.807) is 0 Å². The highest BCUT2D eigenvalue weighted by Crippen LogP contribution is 2.72. The van der Waals surface area contributed by atoms with Crippen LogP contribution in [0.3, 0.4) is 0 Å². The highest BCUT2D eigenvalue weighted by atomic mass is 16.5. The van der Waals surface area contributed by atoms with E-state index in [4.69, 9.17) is 10.5 Å². The summed E-state index contributed by atoms with van der Waals surface area (Å²) in [4.78, 5) is 11.7. The quantitative estimate of drug-likeness (QED) is 0.297. The van der Waals surface area contributed by atoms with Gasteiger partial charge in [-0.1, -0.05) is 54.9 Å². The van der Waals surface area contributed by atoms with Crippen molar-refractivity contribution in [2.45, 2.75) is 156 Å². The summed E-state index contributed by atoms with van der Waals surface area (Å²) in [7, 11) is 0. The first-order chi connectivity index (χ1) is 19.2. The number of carboxylic acid groups (broad SMARTS) is 1. The Morgan fingerprint density at radius 1 is 0.854 bits per heavy atom. The molecule has 0 amide bonds. The summed E-state index contributed by atoms with van der Waals surface area (Å²) >= 11 is 0. The lowest BCUT2D eigenvalue weighted by atomic mass is 9.36. The number of fused-ring (bicyclic) bond motifs is 7. The monoisotopic (exact) mass is 570 g/mol. The standard InChI is InChI=1S/C36H62N2O3/c1-8-22(37)21-38-36-16-9-10-25(36)23-11-12-28-34(6,24(23)13-19-36)17-14-27-33(4,5)29(15-18-35(27,28)7)41-30-20-26(31(39)40)32(30,2)3/h22-30,38H,8-21,37H2,1-7H3,(H,39,40)/t22?,23?,24?,25-,26?,27?,28?,29?,30?,34?,35?,36?/m1/s1. The van der Waals surface area contributed by atoms with E-state index in [9.17, 15) is 9.90 Å². The average molecular weight is 571 g/mol. The number of nitrogens with two attached hydrogens (primary N) is 1. The molecule has 5 heteroatoms. The lowest BCUT2D eigenvalue weighted by Gasteiger charge is -2.69. The first-order valence-corrected chi connectivity index (χ1v) is 17.6. The number of rotatable bonds is 7. The minimum absolute atomic E-state index is 0.0657. The molecule has 5 nitrogen and oxygen atoms in total. The average Bonchev–Trinajstić information content (AvgIpc) is 3.34. The van der Waals surface area contributed by atoms with E-state index in [1.807, 2.05) is 0 Å². The van der Waals surface area contributed by atoms with Crippen LogP contribution in [0.5, 0.6) is 0 Å². The number of ether oxygens (including phenoxy) is 1. The maximum Gasteiger partial charge on any atom is 0.307 e. The van der Waals surface area contributed by atoms with Gasteiger partial charge in [0.15, 0.2) is 0 Å². The molecule has 0 bridgehead atoms. The molecule has 0 heterocycles. The molecule has 0 saturated heterocycles.